The number of nitrogens with zero attached hydrogens (tertiary/aromatic N) is 1. The molecule has 1 saturated heterocycles. The third kappa shape index (κ3) is 4.44. The molecule has 4 rings (SSSR count). The molecule has 1 aromatic rings. The van der Waals surface area contributed by atoms with Gasteiger partial charge in [-0.3, -0.25) is 4.79 Å². The van der Waals surface area contributed by atoms with E-state index in [1.165, 1.54) is 29.6 Å². The van der Waals surface area contributed by atoms with Crippen LogP contribution in [0.3, 0.4) is 0 Å². The SMILES string of the molecule is CCOc1ccc(S(=O)(=O)N2CCOCC2)cc1NC(=O)C[C@H]1C[C@H]2CC[C@H]1C2. The number of anilines is 1. The van der Waals surface area contributed by atoms with E-state index >= 15 is 0 Å². The molecule has 2 aliphatic carbocycles. The molecule has 2 saturated carbocycles. The molecule has 3 aliphatic rings. The Morgan fingerprint density at radius 1 is 1.24 bits per heavy atom. The van der Waals surface area contributed by atoms with Crippen LogP contribution in [-0.2, 0) is 19.6 Å². The van der Waals surface area contributed by atoms with Gasteiger partial charge in [-0.1, -0.05) is 6.42 Å². The molecule has 0 radical (unpaired) electrons. The van der Waals surface area contributed by atoms with Crippen molar-refractivity contribution in [1.29, 1.82) is 0 Å². The molecule has 1 aliphatic heterocycles. The van der Waals surface area contributed by atoms with Gasteiger partial charge in [-0.05, 0) is 62.1 Å². The van der Waals surface area contributed by atoms with Crippen LogP contribution in [0, 0.1) is 17.8 Å². The van der Waals surface area contributed by atoms with Crippen molar-refractivity contribution in [2.45, 2.75) is 43.9 Å². The van der Waals surface area contributed by atoms with Gasteiger partial charge in [0.15, 0.2) is 0 Å². The van der Waals surface area contributed by atoms with Gasteiger partial charge in [-0.2, -0.15) is 4.31 Å². The zero-order chi connectivity index (χ0) is 20.4. The summed E-state index contributed by atoms with van der Waals surface area (Å²) >= 11 is 0. The summed E-state index contributed by atoms with van der Waals surface area (Å²) < 4.78 is 38.3. The van der Waals surface area contributed by atoms with Gasteiger partial charge < -0.3 is 14.8 Å². The molecule has 0 aromatic heterocycles. The Kier molecular flexibility index (Phi) is 6.13. The van der Waals surface area contributed by atoms with Crippen molar-refractivity contribution in [1.82, 2.24) is 4.31 Å². The van der Waals surface area contributed by atoms with E-state index in [1.807, 2.05) is 6.92 Å². The Labute approximate surface area is 172 Å². The summed E-state index contributed by atoms with van der Waals surface area (Å²) in [5.41, 5.74) is 0.425. The third-order valence-electron chi connectivity index (χ3n) is 6.46. The molecule has 2 bridgehead atoms. The zero-order valence-corrected chi connectivity index (χ0v) is 17.7. The standard InChI is InChI=1S/C21H30N2O5S/c1-2-28-20-6-5-18(29(25,26)23-7-9-27-10-8-23)14-19(20)22-21(24)13-17-12-15-3-4-16(17)11-15/h5-6,14-17H,2-4,7-13H2,1H3,(H,22,24)/t15-,16-,17+/m0/s1. The van der Waals surface area contributed by atoms with E-state index in [-0.39, 0.29) is 10.8 Å². The maximum absolute atomic E-state index is 13.0. The molecule has 1 aromatic carbocycles. The first-order chi connectivity index (χ1) is 14.0. The lowest BCUT2D eigenvalue weighted by Gasteiger charge is -2.26. The molecule has 3 atom stereocenters. The van der Waals surface area contributed by atoms with Crippen molar-refractivity contribution >= 4 is 21.6 Å². The third-order valence-corrected chi connectivity index (χ3v) is 8.36. The van der Waals surface area contributed by atoms with Crippen LogP contribution >= 0.6 is 0 Å². The molecule has 1 amide bonds. The predicted octanol–water partition coefficient (Wildman–Crippen LogP) is 2.87. The highest BCUT2D eigenvalue weighted by Gasteiger charge is 2.40. The van der Waals surface area contributed by atoms with E-state index in [1.54, 1.807) is 12.1 Å². The minimum absolute atomic E-state index is 0.0653. The lowest BCUT2D eigenvalue weighted by molar-refractivity contribution is -0.117. The molecule has 1 N–H and O–H groups in total. The monoisotopic (exact) mass is 422 g/mol. The van der Waals surface area contributed by atoms with Gasteiger partial charge in [0.2, 0.25) is 15.9 Å². The molecule has 8 heteroatoms. The smallest absolute Gasteiger partial charge is 0.243 e. The van der Waals surface area contributed by atoms with Gasteiger partial charge in [-0.25, -0.2) is 8.42 Å². The van der Waals surface area contributed by atoms with Gasteiger partial charge in [-0.15, -0.1) is 0 Å². The van der Waals surface area contributed by atoms with Crippen LogP contribution in [0.1, 0.15) is 39.0 Å². The fourth-order valence-corrected chi connectivity index (χ4v) is 6.49. The number of morpholine rings is 1. The molecular weight excluding hydrogens is 392 g/mol. The quantitative estimate of drug-likeness (QED) is 0.730. The highest BCUT2D eigenvalue weighted by atomic mass is 32.2. The van der Waals surface area contributed by atoms with E-state index < -0.39 is 10.0 Å². The first-order valence-electron chi connectivity index (χ1n) is 10.6. The number of carbonyl (C=O) groups is 1. The second kappa shape index (κ2) is 8.62. The second-order valence-electron chi connectivity index (χ2n) is 8.29. The van der Waals surface area contributed by atoms with Crippen LogP contribution in [0.15, 0.2) is 23.1 Å². The molecule has 7 nitrogen and oxygen atoms in total. The Hall–Kier alpha value is -1.64. The Balaban J connectivity index is 1.51. The highest BCUT2D eigenvalue weighted by molar-refractivity contribution is 7.89. The number of amides is 1. The Morgan fingerprint density at radius 2 is 2.03 bits per heavy atom. The maximum Gasteiger partial charge on any atom is 0.243 e. The first-order valence-corrected chi connectivity index (χ1v) is 12.1. The fraction of sp³-hybridized carbons (Fsp3) is 0.667. The Bertz CT molecular complexity index is 851. The zero-order valence-electron chi connectivity index (χ0n) is 16.9. The largest absolute Gasteiger partial charge is 0.492 e. The Morgan fingerprint density at radius 3 is 2.69 bits per heavy atom. The van der Waals surface area contributed by atoms with E-state index in [9.17, 15) is 13.2 Å². The molecule has 160 valence electrons. The number of rotatable bonds is 7. The number of hydrogen-bond donors (Lipinski definition) is 1. The summed E-state index contributed by atoms with van der Waals surface area (Å²) in [6.07, 6.45) is 5.43. The summed E-state index contributed by atoms with van der Waals surface area (Å²) in [6, 6.07) is 4.69. The lowest BCUT2D eigenvalue weighted by Crippen LogP contribution is -2.40. The van der Waals surface area contributed by atoms with Crippen molar-refractivity contribution in [3.05, 3.63) is 18.2 Å². The number of ether oxygens (including phenoxy) is 2. The van der Waals surface area contributed by atoms with Crippen molar-refractivity contribution < 1.29 is 22.7 Å². The normalized spacial score (nSPS) is 27.1. The fourth-order valence-electron chi connectivity index (χ4n) is 5.05. The number of sulfonamides is 1. The summed E-state index contributed by atoms with van der Waals surface area (Å²) in [5, 5.41) is 2.93. The van der Waals surface area contributed by atoms with Crippen LogP contribution in [0.2, 0.25) is 0 Å². The average molecular weight is 423 g/mol. The van der Waals surface area contributed by atoms with E-state index in [4.69, 9.17) is 9.47 Å². The summed E-state index contributed by atoms with van der Waals surface area (Å²) in [7, 11) is -3.63. The summed E-state index contributed by atoms with van der Waals surface area (Å²) in [6.45, 7) is 3.75. The second-order valence-corrected chi connectivity index (χ2v) is 10.2. The van der Waals surface area contributed by atoms with E-state index in [0.717, 1.165) is 12.3 Å². The first kappa shape index (κ1) is 20.6. The lowest BCUT2D eigenvalue weighted by atomic mass is 9.86. The van der Waals surface area contributed by atoms with Crippen LogP contribution in [-0.4, -0.2) is 51.5 Å². The van der Waals surface area contributed by atoms with Gasteiger partial charge in [0, 0.05) is 19.5 Å². The molecule has 0 unspecified atom stereocenters. The van der Waals surface area contributed by atoms with Gasteiger partial charge in [0.1, 0.15) is 5.75 Å². The number of hydrogen-bond acceptors (Lipinski definition) is 5. The van der Waals surface area contributed by atoms with Crippen LogP contribution < -0.4 is 10.1 Å². The van der Waals surface area contributed by atoms with Crippen LogP contribution in [0.25, 0.3) is 0 Å². The summed E-state index contributed by atoms with van der Waals surface area (Å²) in [5.74, 6) is 2.34. The van der Waals surface area contributed by atoms with Crippen molar-refractivity contribution in [3.63, 3.8) is 0 Å². The molecule has 3 fully saturated rings. The molecule has 29 heavy (non-hydrogen) atoms. The minimum Gasteiger partial charge on any atom is -0.492 e. The number of benzene rings is 1. The minimum atomic E-state index is -3.63. The highest BCUT2D eigenvalue weighted by Crippen LogP contribution is 2.49. The van der Waals surface area contributed by atoms with Gasteiger partial charge >= 0.3 is 0 Å². The number of carbonyl (C=O) groups excluding carboxylic acids is 1. The van der Waals surface area contributed by atoms with Crippen molar-refractivity contribution in [2.75, 3.05) is 38.2 Å². The topological polar surface area (TPSA) is 84.9 Å². The predicted molar refractivity (Wildman–Crippen MR) is 109 cm³/mol. The van der Waals surface area contributed by atoms with Crippen LogP contribution in [0.4, 0.5) is 5.69 Å². The van der Waals surface area contributed by atoms with E-state index in [0.29, 0.717) is 62.6 Å². The van der Waals surface area contributed by atoms with Gasteiger partial charge in [0.05, 0.1) is 30.4 Å². The number of fused-ring (bicyclic) bond motifs is 2. The molecule has 1 heterocycles. The van der Waals surface area contributed by atoms with E-state index in [2.05, 4.69) is 5.32 Å². The van der Waals surface area contributed by atoms with Gasteiger partial charge in [0.25, 0.3) is 0 Å². The van der Waals surface area contributed by atoms with Crippen molar-refractivity contribution in [3.8, 4) is 5.75 Å². The van der Waals surface area contributed by atoms with Crippen molar-refractivity contribution in [2.24, 2.45) is 17.8 Å². The van der Waals surface area contributed by atoms with Crippen LogP contribution in [0.5, 0.6) is 5.75 Å². The summed E-state index contributed by atoms with van der Waals surface area (Å²) in [4.78, 5) is 12.9. The number of nitrogens with one attached hydrogen (secondary N) is 1. The molecule has 0 spiro atoms. The average Bonchev–Trinajstić information content (AvgIpc) is 3.33. The molecular formula is C21H30N2O5S. The maximum atomic E-state index is 13.0.